The molecule has 0 aromatic heterocycles. The maximum atomic E-state index is 3.96. The number of nitrogens with one attached hydrogen (secondary N) is 1. The van der Waals surface area contributed by atoms with E-state index < -0.39 is 0 Å². The van der Waals surface area contributed by atoms with E-state index in [1.165, 1.54) is 105 Å². The molecular weight excluding hydrogens is 808 g/mol. The van der Waals surface area contributed by atoms with Gasteiger partial charge in [0.15, 0.2) is 7.28 Å². The van der Waals surface area contributed by atoms with Gasteiger partial charge in [0, 0.05) is 34.0 Å². The van der Waals surface area contributed by atoms with Gasteiger partial charge in [0.25, 0.3) is 0 Å². The lowest BCUT2D eigenvalue weighted by atomic mass is 9.57. The summed E-state index contributed by atoms with van der Waals surface area (Å²) in [6.45, 7) is 15.8. The number of aryl methyl sites for hydroxylation is 4. The second-order valence-corrected chi connectivity index (χ2v) is 19.6. The normalized spacial score (nSPS) is 12.2. The van der Waals surface area contributed by atoms with Crippen molar-refractivity contribution in [2.24, 2.45) is 0 Å². The molecule has 0 bridgehead atoms. The van der Waals surface area contributed by atoms with Crippen LogP contribution < -0.4 is 21.1 Å². The zero-order valence-corrected chi connectivity index (χ0v) is 39.5. The number of hydrogen-bond acceptors (Lipinski definition) is 2. The third kappa shape index (κ3) is 7.89. The van der Waals surface area contributed by atoms with Gasteiger partial charge in [-0.25, -0.2) is 0 Å². The van der Waals surface area contributed by atoms with E-state index in [1.54, 1.807) is 0 Å². The molecule has 2 nitrogen and oxygen atoms in total. The summed E-state index contributed by atoms with van der Waals surface area (Å²) >= 11 is 0. The second kappa shape index (κ2) is 16.7. The number of hydrogen-bond donors (Lipinski definition) is 1. The molecule has 0 amide bonds. The third-order valence-electron chi connectivity index (χ3n) is 13.8. The minimum atomic E-state index is 0.112. The summed E-state index contributed by atoms with van der Waals surface area (Å²) in [4.78, 5) is 2.55. The molecule has 1 aliphatic rings. The van der Waals surface area contributed by atoms with Crippen molar-refractivity contribution in [3.8, 4) is 44.5 Å². The van der Waals surface area contributed by atoms with E-state index in [-0.39, 0.29) is 5.41 Å². The summed E-state index contributed by atoms with van der Waals surface area (Å²) in [6, 6.07) is 72.2. The summed E-state index contributed by atoms with van der Waals surface area (Å²) in [6.07, 6.45) is 0. The van der Waals surface area contributed by atoms with E-state index in [0.717, 1.165) is 28.3 Å². The van der Waals surface area contributed by atoms with Crippen molar-refractivity contribution >= 4 is 68.2 Å². The number of fused-ring (bicyclic) bond motifs is 4. The van der Waals surface area contributed by atoms with E-state index >= 15 is 0 Å². The van der Waals surface area contributed by atoms with Crippen LogP contribution in [0.15, 0.2) is 194 Å². The maximum absolute atomic E-state index is 3.96. The molecule has 1 heterocycles. The number of rotatable bonds is 7. The lowest BCUT2D eigenvalue weighted by molar-refractivity contribution is 0.590. The predicted octanol–water partition coefficient (Wildman–Crippen LogP) is 16.4. The fraction of sp³-hybridized carbons (Fsp3) is 0.125. The highest BCUT2D eigenvalue weighted by atomic mass is 15.2. The largest absolute Gasteiger partial charge is 0.355 e. The zero-order chi connectivity index (χ0) is 46.0. The Morgan fingerprint density at radius 3 is 1.63 bits per heavy atom. The first-order chi connectivity index (χ1) is 32.4. The molecule has 0 fully saturated rings. The Morgan fingerprint density at radius 2 is 0.970 bits per heavy atom. The Morgan fingerprint density at radius 1 is 0.418 bits per heavy atom. The van der Waals surface area contributed by atoms with Crippen molar-refractivity contribution < 1.29 is 0 Å². The number of nitrogens with zero attached hydrogens (tertiary/aromatic N) is 1. The second-order valence-electron chi connectivity index (χ2n) is 19.6. The van der Waals surface area contributed by atoms with E-state index in [2.05, 4.69) is 260 Å². The van der Waals surface area contributed by atoms with Crippen molar-refractivity contribution in [3.05, 3.63) is 222 Å². The topological polar surface area (TPSA) is 15.3 Å². The van der Waals surface area contributed by atoms with Gasteiger partial charge < -0.3 is 10.2 Å². The number of benzene rings is 10. The molecular formula is C64H54BN2. The summed E-state index contributed by atoms with van der Waals surface area (Å²) in [7, 11) is 2.44. The molecule has 0 aliphatic carbocycles. The monoisotopic (exact) mass is 861 g/mol. The highest BCUT2D eigenvalue weighted by molar-refractivity contribution is 6.73. The molecule has 67 heavy (non-hydrogen) atoms. The first kappa shape index (κ1) is 42.0. The van der Waals surface area contributed by atoms with E-state index in [9.17, 15) is 0 Å². The first-order valence-corrected chi connectivity index (χ1v) is 23.6. The number of anilines is 5. The van der Waals surface area contributed by atoms with Crippen LogP contribution >= 0.6 is 0 Å². The average molecular weight is 862 g/mol. The van der Waals surface area contributed by atoms with Crippen molar-refractivity contribution in [3.63, 3.8) is 0 Å². The van der Waals surface area contributed by atoms with Crippen molar-refractivity contribution in [2.75, 3.05) is 10.2 Å². The van der Waals surface area contributed by atoms with Gasteiger partial charge in [-0.15, -0.1) is 0 Å². The van der Waals surface area contributed by atoms with Crippen LogP contribution in [-0.2, 0) is 5.41 Å². The molecule has 0 unspecified atom stereocenters. The quantitative estimate of drug-likeness (QED) is 0.161. The average Bonchev–Trinajstić information content (AvgIpc) is 3.32. The lowest BCUT2D eigenvalue weighted by Crippen LogP contribution is -2.41. The maximum Gasteiger partial charge on any atom is 0.197 e. The first-order valence-electron chi connectivity index (χ1n) is 23.6. The smallest absolute Gasteiger partial charge is 0.197 e. The van der Waals surface area contributed by atoms with Gasteiger partial charge in [-0.1, -0.05) is 177 Å². The van der Waals surface area contributed by atoms with Crippen LogP contribution in [0.25, 0.3) is 66.1 Å². The SMILES string of the molecule is Cc1cc(C)c(-c2cc(-c3cc4ccccc4cc3Nc3ccc(-c4ccc(C(C)(C)C)cc4)cc3)c3c(c2)N(c2cc(-c4ccccc4)ccc2C)c2cc4ccccc4cc2[B]3)c(C)c1. The minimum Gasteiger partial charge on any atom is -0.355 e. The zero-order valence-electron chi connectivity index (χ0n) is 39.5. The molecule has 323 valence electrons. The van der Waals surface area contributed by atoms with E-state index in [1.807, 2.05) is 0 Å². The Hall–Kier alpha value is -7.62. The fourth-order valence-corrected chi connectivity index (χ4v) is 10.4. The van der Waals surface area contributed by atoms with Crippen molar-refractivity contribution in [1.29, 1.82) is 0 Å². The molecule has 1 radical (unpaired) electrons. The standard InChI is InChI=1S/C64H54BN2/c1-40-31-42(3)62(43(4)32-40)52-34-56(55-33-47-17-11-13-19-49(47)36-58(55)66-54-29-25-46(26-30-54)45-23-27-53(28-24-45)64(5,6)7)63-61(39-52)67(60-38-50-20-14-12-18-48(50)35-57(60)65-63)59-37-51(22-21-41(59)2)44-15-9-8-10-16-44/h8-39,66H,1-7H3. The van der Waals surface area contributed by atoms with Gasteiger partial charge in [0.1, 0.15) is 0 Å². The van der Waals surface area contributed by atoms with Crippen LogP contribution in [0.5, 0.6) is 0 Å². The van der Waals surface area contributed by atoms with E-state index in [0.29, 0.717) is 0 Å². The molecule has 1 aliphatic heterocycles. The Balaban J connectivity index is 1.15. The Kier molecular flexibility index (Phi) is 10.5. The highest BCUT2D eigenvalue weighted by Gasteiger charge is 2.31. The molecule has 10 aromatic carbocycles. The van der Waals surface area contributed by atoms with Gasteiger partial charge in [0.05, 0.1) is 0 Å². The summed E-state index contributed by atoms with van der Waals surface area (Å²) in [5.74, 6) is 0. The molecule has 0 atom stereocenters. The predicted molar refractivity (Wildman–Crippen MR) is 290 cm³/mol. The summed E-state index contributed by atoms with van der Waals surface area (Å²) < 4.78 is 0. The van der Waals surface area contributed by atoms with Crippen molar-refractivity contribution in [2.45, 2.75) is 53.9 Å². The van der Waals surface area contributed by atoms with Gasteiger partial charge in [-0.3, -0.25) is 0 Å². The lowest BCUT2D eigenvalue weighted by Gasteiger charge is -2.37. The fourth-order valence-electron chi connectivity index (χ4n) is 10.4. The highest BCUT2D eigenvalue weighted by Crippen LogP contribution is 2.46. The molecule has 10 aromatic rings. The van der Waals surface area contributed by atoms with Crippen molar-refractivity contribution in [1.82, 2.24) is 0 Å². The Bertz CT molecular complexity index is 3500. The van der Waals surface area contributed by atoms with Gasteiger partial charge in [0.2, 0.25) is 0 Å². The van der Waals surface area contributed by atoms with Gasteiger partial charge in [-0.05, 0) is 170 Å². The summed E-state index contributed by atoms with van der Waals surface area (Å²) in [5.41, 5.74) is 24.0. The minimum absolute atomic E-state index is 0.112. The summed E-state index contributed by atoms with van der Waals surface area (Å²) in [5, 5.41) is 8.79. The third-order valence-corrected chi connectivity index (χ3v) is 13.8. The van der Waals surface area contributed by atoms with Gasteiger partial charge in [-0.2, -0.15) is 0 Å². The Labute approximate surface area is 396 Å². The van der Waals surface area contributed by atoms with Crippen LogP contribution in [0.2, 0.25) is 0 Å². The van der Waals surface area contributed by atoms with Crippen LogP contribution in [0.1, 0.15) is 48.6 Å². The molecule has 0 saturated carbocycles. The molecule has 3 heteroatoms. The molecule has 1 N–H and O–H groups in total. The van der Waals surface area contributed by atoms with Crippen LogP contribution in [0.3, 0.4) is 0 Å². The van der Waals surface area contributed by atoms with E-state index in [4.69, 9.17) is 0 Å². The molecule has 0 spiro atoms. The van der Waals surface area contributed by atoms with Crippen LogP contribution in [-0.4, -0.2) is 7.28 Å². The molecule has 11 rings (SSSR count). The van der Waals surface area contributed by atoms with Crippen LogP contribution in [0, 0.1) is 27.7 Å². The van der Waals surface area contributed by atoms with Gasteiger partial charge >= 0.3 is 0 Å². The molecule has 0 saturated heterocycles. The van der Waals surface area contributed by atoms with Crippen LogP contribution in [0.4, 0.5) is 28.4 Å².